The molecule has 1 aromatic heterocycles. The molecule has 0 saturated heterocycles. The number of aromatic nitrogens is 1. The molecule has 0 aliphatic heterocycles. The zero-order valence-corrected chi connectivity index (χ0v) is 9.80. The summed E-state index contributed by atoms with van der Waals surface area (Å²) in [5.41, 5.74) is 0.0261. The normalized spacial score (nSPS) is 11.6. The van der Waals surface area contributed by atoms with E-state index in [1.807, 2.05) is 19.9 Å². The molecule has 0 spiro atoms. The molecule has 0 radical (unpaired) electrons. The van der Waals surface area contributed by atoms with Crippen LogP contribution >= 0.6 is 0 Å². The minimum absolute atomic E-state index is 0.160. The molecular weight excluding hydrogens is 220 g/mol. The van der Waals surface area contributed by atoms with Gasteiger partial charge in [0.1, 0.15) is 6.07 Å². The highest BCUT2D eigenvalue weighted by Gasteiger charge is 2.16. The molecule has 90 valence electrons. The number of nitrogens with zero attached hydrogens (tertiary/aromatic N) is 3. The minimum Gasteiger partial charge on any atom is -0.364 e. The van der Waals surface area contributed by atoms with Gasteiger partial charge >= 0.3 is 5.69 Å². The summed E-state index contributed by atoms with van der Waals surface area (Å²) in [5.74, 6) is 0.626. The fourth-order valence-electron chi connectivity index (χ4n) is 1.20. The molecule has 1 N–H and O–H groups in total. The molecule has 17 heavy (non-hydrogen) atoms. The first-order valence-electron chi connectivity index (χ1n) is 5.36. The van der Waals surface area contributed by atoms with Crippen LogP contribution in [0.2, 0.25) is 0 Å². The Kier molecular flexibility index (Phi) is 4.40. The van der Waals surface area contributed by atoms with Crippen molar-refractivity contribution in [2.45, 2.75) is 20.3 Å². The lowest BCUT2D eigenvalue weighted by molar-refractivity contribution is -0.384. The fraction of sp³-hybridized carbons (Fsp3) is 0.455. The monoisotopic (exact) mass is 234 g/mol. The quantitative estimate of drug-likeness (QED) is 0.623. The molecule has 1 atom stereocenters. The molecule has 1 unspecified atom stereocenters. The second kappa shape index (κ2) is 5.80. The first-order chi connectivity index (χ1) is 8.08. The highest BCUT2D eigenvalue weighted by Crippen LogP contribution is 2.22. The van der Waals surface area contributed by atoms with Crippen molar-refractivity contribution in [3.8, 4) is 6.07 Å². The standard InChI is InChI=1S/C11H14N4O2/c1-3-8(2)6-13-11-10(15(16)17)4-9(5-12)7-14-11/h4,7-8H,3,6H2,1-2H3,(H,13,14). The third kappa shape index (κ3) is 3.41. The van der Waals surface area contributed by atoms with Crippen LogP contribution in [-0.2, 0) is 0 Å². The second-order valence-electron chi connectivity index (χ2n) is 3.85. The SMILES string of the molecule is CCC(C)CNc1ncc(C#N)cc1[N+](=O)[O-]. The summed E-state index contributed by atoms with van der Waals surface area (Å²) in [6, 6.07) is 3.06. The predicted molar refractivity (Wildman–Crippen MR) is 63.6 cm³/mol. The maximum Gasteiger partial charge on any atom is 0.312 e. The molecule has 1 rings (SSSR count). The first-order valence-corrected chi connectivity index (χ1v) is 5.36. The van der Waals surface area contributed by atoms with Crippen molar-refractivity contribution in [1.82, 2.24) is 4.98 Å². The molecule has 0 saturated carbocycles. The van der Waals surface area contributed by atoms with E-state index >= 15 is 0 Å². The lowest BCUT2D eigenvalue weighted by atomic mass is 10.1. The van der Waals surface area contributed by atoms with E-state index in [0.29, 0.717) is 12.5 Å². The smallest absolute Gasteiger partial charge is 0.312 e. The first kappa shape index (κ1) is 12.9. The Bertz CT molecular complexity index is 453. The van der Waals surface area contributed by atoms with Crippen molar-refractivity contribution in [2.75, 3.05) is 11.9 Å². The fourth-order valence-corrected chi connectivity index (χ4v) is 1.20. The Morgan fingerprint density at radius 3 is 2.94 bits per heavy atom. The molecule has 6 nitrogen and oxygen atoms in total. The summed E-state index contributed by atoms with van der Waals surface area (Å²) < 4.78 is 0. The number of anilines is 1. The Hall–Kier alpha value is -2.16. The maximum absolute atomic E-state index is 10.8. The average molecular weight is 234 g/mol. The van der Waals surface area contributed by atoms with Gasteiger partial charge in [-0.15, -0.1) is 0 Å². The summed E-state index contributed by atoms with van der Waals surface area (Å²) in [7, 11) is 0. The zero-order valence-electron chi connectivity index (χ0n) is 9.80. The van der Waals surface area contributed by atoms with Crippen LogP contribution < -0.4 is 5.32 Å². The van der Waals surface area contributed by atoms with Crippen LogP contribution in [0.15, 0.2) is 12.3 Å². The second-order valence-corrected chi connectivity index (χ2v) is 3.85. The molecule has 0 bridgehead atoms. The molecule has 6 heteroatoms. The maximum atomic E-state index is 10.8. The number of pyridine rings is 1. The van der Waals surface area contributed by atoms with Crippen molar-refractivity contribution >= 4 is 11.5 Å². The van der Waals surface area contributed by atoms with E-state index in [2.05, 4.69) is 10.3 Å². The molecular formula is C11H14N4O2. The van der Waals surface area contributed by atoms with Gasteiger partial charge in [-0.25, -0.2) is 4.98 Å². The molecule has 1 aromatic rings. The molecule has 0 fully saturated rings. The van der Waals surface area contributed by atoms with Gasteiger partial charge in [-0.3, -0.25) is 10.1 Å². The van der Waals surface area contributed by atoms with Crippen molar-refractivity contribution in [2.24, 2.45) is 5.92 Å². The Labute approximate surface area is 99.4 Å². The number of nitriles is 1. The van der Waals surface area contributed by atoms with E-state index in [-0.39, 0.29) is 17.1 Å². The highest BCUT2D eigenvalue weighted by molar-refractivity contribution is 5.58. The lowest BCUT2D eigenvalue weighted by Crippen LogP contribution is -2.12. The average Bonchev–Trinajstić information content (AvgIpc) is 2.35. The van der Waals surface area contributed by atoms with Crippen molar-refractivity contribution in [3.63, 3.8) is 0 Å². The largest absolute Gasteiger partial charge is 0.364 e. The summed E-state index contributed by atoms with van der Waals surface area (Å²) >= 11 is 0. The van der Waals surface area contributed by atoms with Crippen LogP contribution in [0.4, 0.5) is 11.5 Å². The van der Waals surface area contributed by atoms with Crippen LogP contribution in [0.5, 0.6) is 0 Å². The zero-order chi connectivity index (χ0) is 12.8. The Balaban J connectivity index is 2.92. The van der Waals surface area contributed by atoms with Gasteiger partial charge in [0.15, 0.2) is 0 Å². The summed E-state index contributed by atoms with van der Waals surface area (Å²) in [6.45, 7) is 4.71. The number of rotatable bonds is 5. The molecule has 0 aromatic carbocycles. The van der Waals surface area contributed by atoms with Crippen LogP contribution in [-0.4, -0.2) is 16.5 Å². The topological polar surface area (TPSA) is 91.8 Å². The number of hydrogen-bond donors (Lipinski definition) is 1. The summed E-state index contributed by atoms with van der Waals surface area (Å²) in [5, 5.41) is 22.4. The van der Waals surface area contributed by atoms with E-state index in [1.54, 1.807) is 0 Å². The van der Waals surface area contributed by atoms with Gasteiger partial charge < -0.3 is 5.32 Å². The van der Waals surface area contributed by atoms with E-state index in [4.69, 9.17) is 5.26 Å². The Morgan fingerprint density at radius 1 is 1.71 bits per heavy atom. The number of hydrogen-bond acceptors (Lipinski definition) is 5. The van der Waals surface area contributed by atoms with Gasteiger partial charge in [-0.1, -0.05) is 20.3 Å². The molecule has 1 heterocycles. The molecule has 0 amide bonds. The van der Waals surface area contributed by atoms with Gasteiger partial charge in [0.05, 0.1) is 10.5 Å². The van der Waals surface area contributed by atoms with Crippen molar-refractivity contribution in [3.05, 3.63) is 27.9 Å². The van der Waals surface area contributed by atoms with Crippen molar-refractivity contribution in [1.29, 1.82) is 5.26 Å². The summed E-state index contributed by atoms with van der Waals surface area (Å²) in [6.07, 6.45) is 2.31. The highest BCUT2D eigenvalue weighted by atomic mass is 16.6. The minimum atomic E-state index is -0.535. The number of nitrogens with one attached hydrogen (secondary N) is 1. The van der Waals surface area contributed by atoms with E-state index in [0.717, 1.165) is 6.42 Å². The summed E-state index contributed by atoms with van der Waals surface area (Å²) in [4.78, 5) is 14.2. The van der Waals surface area contributed by atoms with Crippen LogP contribution in [0.25, 0.3) is 0 Å². The van der Waals surface area contributed by atoms with Gasteiger partial charge in [0, 0.05) is 18.8 Å². The molecule has 0 aliphatic rings. The van der Waals surface area contributed by atoms with Crippen LogP contribution in [0, 0.1) is 27.4 Å². The van der Waals surface area contributed by atoms with E-state index in [1.165, 1.54) is 12.3 Å². The third-order valence-electron chi connectivity index (χ3n) is 2.51. The lowest BCUT2D eigenvalue weighted by Gasteiger charge is -2.10. The Morgan fingerprint density at radius 2 is 2.41 bits per heavy atom. The number of nitro groups is 1. The van der Waals surface area contributed by atoms with E-state index < -0.39 is 4.92 Å². The van der Waals surface area contributed by atoms with Crippen molar-refractivity contribution < 1.29 is 4.92 Å². The van der Waals surface area contributed by atoms with Gasteiger partial charge in [-0.2, -0.15) is 5.26 Å². The van der Waals surface area contributed by atoms with Gasteiger partial charge in [0.2, 0.25) is 5.82 Å². The molecule has 0 aliphatic carbocycles. The van der Waals surface area contributed by atoms with E-state index in [9.17, 15) is 10.1 Å². The van der Waals surface area contributed by atoms with Gasteiger partial charge in [-0.05, 0) is 5.92 Å². The predicted octanol–water partition coefficient (Wildman–Crippen LogP) is 2.32. The van der Waals surface area contributed by atoms with Gasteiger partial charge in [0.25, 0.3) is 0 Å². The van der Waals surface area contributed by atoms with Crippen LogP contribution in [0.1, 0.15) is 25.8 Å². The third-order valence-corrected chi connectivity index (χ3v) is 2.51. The van der Waals surface area contributed by atoms with Crippen LogP contribution in [0.3, 0.4) is 0 Å².